The van der Waals surface area contributed by atoms with Crippen molar-refractivity contribution in [1.82, 2.24) is 0 Å². The lowest BCUT2D eigenvalue weighted by atomic mass is 9.93. The van der Waals surface area contributed by atoms with Gasteiger partial charge in [-0.2, -0.15) is 0 Å². The van der Waals surface area contributed by atoms with Crippen molar-refractivity contribution >= 4 is 733 Å². The van der Waals surface area contributed by atoms with Crippen molar-refractivity contribution in [3.8, 4) is 0 Å². The van der Waals surface area contributed by atoms with Gasteiger partial charge in [0.05, 0.1) is 24.4 Å². The Hall–Kier alpha value is 17.5. The minimum Gasteiger partial charge on any atom is -0.370 e. The van der Waals surface area contributed by atoms with E-state index < -0.39 is 0 Å². The lowest BCUT2D eigenvalue weighted by molar-refractivity contribution is 0.356. The van der Waals surface area contributed by atoms with Gasteiger partial charge < -0.3 is 9.47 Å². The highest BCUT2D eigenvalue weighted by molar-refractivity contribution is 8.84. The molecule has 3 aliphatic carbocycles. The predicted molar refractivity (Wildman–Crippen MR) is 720 cm³/mol. The van der Waals surface area contributed by atoms with Gasteiger partial charge in [-0.3, -0.25) is 0 Å². The van der Waals surface area contributed by atoms with Crippen LogP contribution in [0.1, 0.15) is 117 Å². The molecule has 110 heavy (non-hydrogen) atoms. The van der Waals surface area contributed by atoms with Crippen LogP contribution in [0.2, 0.25) is 0 Å². The van der Waals surface area contributed by atoms with Gasteiger partial charge in [0.2, 0.25) is 0 Å². The monoisotopic (exact) mass is 2990 g/mol. The maximum Gasteiger partial charge on any atom is 0.0842 e. The summed E-state index contributed by atoms with van der Waals surface area (Å²) >= 11 is 28.7. The van der Waals surface area contributed by atoms with E-state index in [1.165, 1.54) is 150 Å². The Morgan fingerprint density at radius 3 is 0.491 bits per heavy atom. The molecule has 2 nitrogen and oxygen atoms in total. The molecule has 0 aromatic rings. The molecular weight excluding hydrogens is 2950 g/mol. The maximum absolute atomic E-state index is 5.49. The van der Waals surface area contributed by atoms with Crippen molar-refractivity contribution in [2.45, 2.75) is 141 Å². The summed E-state index contributed by atoms with van der Waals surface area (Å²) in [6, 6.07) is 0. The van der Waals surface area contributed by atoms with E-state index in [4.69, 9.17) is 76.6 Å². The van der Waals surface area contributed by atoms with E-state index >= 15 is 0 Å². The average molecular weight is 3000 g/mol. The fourth-order valence-electron chi connectivity index (χ4n) is 6.02. The third-order valence-corrected chi connectivity index (χ3v) is 170. The van der Waals surface area contributed by atoms with Crippen molar-refractivity contribution < 1.29 is 9.47 Å². The van der Waals surface area contributed by atoms with Gasteiger partial charge in [-0.15, -0.1) is 0 Å². The van der Waals surface area contributed by atoms with Crippen LogP contribution in [0.5, 0.6) is 0 Å². The highest BCUT2D eigenvalue weighted by Gasteiger charge is 2.39. The Labute approximate surface area is 889 Å². The third kappa shape index (κ3) is 109. The van der Waals surface area contributed by atoms with Crippen LogP contribution >= 0.6 is 0 Å². The van der Waals surface area contributed by atoms with Crippen LogP contribution in [-0.2, 0) is 743 Å². The summed E-state index contributed by atoms with van der Waals surface area (Å²) in [6.07, 6.45) is 27.9. The molecule has 5 aliphatic rings. The lowest BCUT2D eigenvalue weighted by Gasteiger charge is -2.11. The number of fused-ring (bicyclic) bond motifs is 2. The first-order valence-corrected chi connectivity index (χ1v) is 130. The molecule has 2 saturated carbocycles. The van der Waals surface area contributed by atoms with E-state index in [1.807, 2.05) is 240 Å². The Kier molecular flexibility index (Phi) is 131. The van der Waals surface area contributed by atoms with Crippen molar-refractivity contribution in [3.63, 3.8) is 0 Å². The van der Waals surface area contributed by atoms with Crippen molar-refractivity contribution in [3.05, 3.63) is 12.2 Å². The normalized spacial score (nSPS) is 16.8. The topological polar surface area (TPSA) is 25.1 Å². The quantitative estimate of drug-likeness (QED) is 0.181. The number of rotatable bonds is 0. The Bertz CT molecular complexity index is 6430. The van der Waals surface area contributed by atoms with Crippen LogP contribution in [0.4, 0.5) is 0 Å². The molecule has 0 N–H and O–H groups in total. The fraction of sp³-hybridized carbons (Fsp3) is 0.926. The first kappa shape index (κ1) is 127. The molecule has 0 aromatic heterocycles. The summed E-state index contributed by atoms with van der Waals surface area (Å²) in [5.41, 5.74) is 0. The molecule has 0 amide bonds. The first-order chi connectivity index (χ1) is 54.4. The number of ether oxygens (including phenoxy) is 2. The molecule has 1 unspecified atom stereocenters. The molecule has 2 aliphatic heterocycles. The largest absolute Gasteiger partial charge is 0.370 e. The Morgan fingerprint density at radius 2 is 0.309 bits per heavy atom. The zero-order valence-electron chi connectivity index (χ0n) is 52.7. The van der Waals surface area contributed by atoms with Gasteiger partial charge in [0, 0.05) is 733 Å². The summed E-state index contributed by atoms with van der Waals surface area (Å²) in [4.78, 5) is 0. The van der Waals surface area contributed by atoms with Gasteiger partial charge in [-0.25, -0.2) is 0 Å². The second-order valence-corrected chi connectivity index (χ2v) is 149. The standard InChI is InChI=1S/2C9H16O.C9H16.S28.S27.S26/c2*1-7-3-2-4-8-9(10-8)6-5-7;1-9-7-5-3-2-4-6-8-9;1-3-5-7-9-11-13-15-17-19-21-23-25-27-28-26-24-22-20-18-16-14-12-10-8-6-4-2;1-3-5-7-9-11-13-15-17-19-21-23-25-27-26-24-22-20-18-16-14-12-10-8-6-4-2;1-3-5-7-9-11-13-15-17-19-21-23-25-26-24-22-20-18-16-14-12-10-8-6-4-2/h2*7-9H,2-6H2,1H3;2-3,9H,4-8H2,1H3;;;/b;;3-2-;;;/t7-,8+,9-;7-,8-,9+;;;;/m11..../s1. The highest BCUT2D eigenvalue weighted by Crippen LogP contribution is 2.36. The van der Waals surface area contributed by atoms with Gasteiger partial charge in [0.25, 0.3) is 0 Å². The van der Waals surface area contributed by atoms with Crippen molar-refractivity contribution in [1.29, 1.82) is 0 Å². The number of hydrogen-bond acceptors (Lipinski definition) is 8. The van der Waals surface area contributed by atoms with E-state index in [1.54, 1.807) is 373 Å². The van der Waals surface area contributed by atoms with Crippen LogP contribution in [0, 0.1) is 17.8 Å². The van der Waals surface area contributed by atoms with E-state index in [-0.39, 0.29) is 0 Å². The molecule has 0 spiro atoms. The molecule has 2 heterocycles. The summed E-state index contributed by atoms with van der Waals surface area (Å²) < 4.78 is 11.0. The number of epoxide rings is 2. The number of hydrogen-bond donors (Lipinski definition) is 0. The van der Waals surface area contributed by atoms with Crippen LogP contribution < -0.4 is 0 Å². The fourth-order valence-corrected chi connectivity index (χ4v) is 195. The molecule has 4 fully saturated rings. The third-order valence-electron chi connectivity index (χ3n) is 9.69. The minimum atomic E-state index is 0.669. The summed E-state index contributed by atoms with van der Waals surface area (Å²) in [5.74, 6) is 2.87. The van der Waals surface area contributed by atoms with Crippen LogP contribution in [0.3, 0.4) is 0 Å². The van der Waals surface area contributed by atoms with Crippen molar-refractivity contribution in [2.24, 2.45) is 17.8 Å². The Balaban J connectivity index is 0.00000136. The van der Waals surface area contributed by atoms with E-state index in [2.05, 4.69) is 32.9 Å². The van der Waals surface area contributed by atoms with Crippen LogP contribution in [-0.4, -0.2) is 24.4 Å². The van der Waals surface area contributed by atoms with Gasteiger partial charge in [0.1, 0.15) is 0 Å². The van der Waals surface area contributed by atoms with Gasteiger partial charge in [0.15, 0.2) is 0 Å². The molecule has 0 radical (unpaired) electrons. The summed E-state index contributed by atoms with van der Waals surface area (Å²) in [6.45, 7) is 7.09. The number of allylic oxidation sites excluding steroid dienone is 2. The van der Waals surface area contributed by atoms with E-state index in [0.29, 0.717) is 24.4 Å². The summed E-state index contributed by atoms with van der Waals surface area (Å²) in [7, 11) is 131. The summed E-state index contributed by atoms with van der Waals surface area (Å²) in [5, 5.41) is 0. The smallest absolute Gasteiger partial charge is 0.0842 e. The second kappa shape index (κ2) is 113. The predicted octanol–water partition coefficient (Wildman–Crippen LogP) is 7.66. The molecule has 5 rings (SSSR count). The van der Waals surface area contributed by atoms with E-state index in [9.17, 15) is 0 Å². The lowest BCUT2D eigenvalue weighted by Crippen LogP contribution is -2.04. The Morgan fingerprint density at radius 1 is 0.164 bits per heavy atom. The van der Waals surface area contributed by atoms with Crippen LogP contribution in [0.25, 0.3) is 0 Å². The second-order valence-electron chi connectivity index (χ2n) is 15.8. The molecular formula is C27H48O2S81. The molecule has 654 valence electrons. The molecule has 2 saturated heterocycles. The molecule has 0 bridgehead atoms. The maximum atomic E-state index is 5.49. The van der Waals surface area contributed by atoms with Gasteiger partial charge >= 0.3 is 0 Å². The SMILES string of the molecule is CC1CC/C=C\CCC1.C[C@@H]1CCC[C@@H]2O[C@@H]2CC1.C[C@@H]1CCC[C@H]2O[C@H]2CC1.S=S=S=S=S=S=S=S=S=S=S=S=S=S=S=S=S=S=S=S=S=S=S=S=S=S.S=S=S=S=S=S=S=S=S=S=S=S=S=S=S=S=S=S=S=S=S=S=S=S=S=S=S.S=S=S=S=S=S=S=S=S=S=S=S=S=S=S=S=S=S=S=S=S=S=S=S=S=S=S=S. The van der Waals surface area contributed by atoms with Crippen molar-refractivity contribution in [2.75, 3.05) is 0 Å². The van der Waals surface area contributed by atoms with Gasteiger partial charge in [-0.05, 0) is 82.0 Å². The minimum absolute atomic E-state index is 0.669. The van der Waals surface area contributed by atoms with E-state index in [0.717, 1.165) is 17.8 Å². The van der Waals surface area contributed by atoms with Gasteiger partial charge in [-0.1, -0.05) is 65.0 Å². The molecule has 0 aromatic carbocycles. The molecule has 83 heteroatoms. The first-order valence-electron chi connectivity index (χ1n) is 26.1. The average Bonchev–Trinajstić information content (AvgIpc) is 1.70. The molecule has 7 atom stereocenters. The zero-order chi connectivity index (χ0) is 79.5. The zero-order valence-corrected chi connectivity index (χ0v) is 119. The van der Waals surface area contributed by atoms with Crippen LogP contribution in [0.15, 0.2) is 12.2 Å². The highest BCUT2D eigenvalue weighted by atomic mass is 33.5.